The van der Waals surface area contributed by atoms with E-state index in [0.29, 0.717) is 29.2 Å². The van der Waals surface area contributed by atoms with E-state index >= 15 is 0 Å². The van der Waals surface area contributed by atoms with Crippen LogP contribution in [0, 0.1) is 6.92 Å². The lowest BCUT2D eigenvalue weighted by Crippen LogP contribution is -2.46. The Kier molecular flexibility index (Phi) is 5.38. The lowest BCUT2D eigenvalue weighted by Gasteiger charge is -2.28. The number of halogens is 1. The van der Waals surface area contributed by atoms with Crippen LogP contribution in [-0.2, 0) is 0 Å². The van der Waals surface area contributed by atoms with Gasteiger partial charge >= 0.3 is 0 Å². The van der Waals surface area contributed by atoms with Crippen molar-refractivity contribution in [1.29, 1.82) is 0 Å². The number of carbonyl (C=O) groups excluding carboxylic acids is 1. The first-order chi connectivity index (χ1) is 10.9. The molecular weight excluding hydrogens is 316 g/mol. The van der Waals surface area contributed by atoms with Crippen molar-refractivity contribution in [2.24, 2.45) is 0 Å². The van der Waals surface area contributed by atoms with E-state index in [2.05, 4.69) is 15.5 Å². The number of nitrogens with one attached hydrogen (secondary N) is 1. The monoisotopic (exact) mass is 336 g/mol. The van der Waals surface area contributed by atoms with E-state index < -0.39 is 5.54 Å². The standard InChI is InChI=1S/C16H21ClN4O2/c1-4-16(3,8-9-22)18-15(23)14-11(2)19-21(20-14)13-7-5-6-12(17)10-13/h5-7,10,22H,4,8-9H2,1-3H3,(H,18,23). The number of nitrogens with zero attached hydrogens (tertiary/aromatic N) is 3. The molecule has 2 N–H and O–H groups in total. The minimum absolute atomic E-state index is 0.0127. The second kappa shape index (κ2) is 7.10. The molecule has 1 heterocycles. The quantitative estimate of drug-likeness (QED) is 0.849. The fourth-order valence-electron chi connectivity index (χ4n) is 2.21. The van der Waals surface area contributed by atoms with Crippen LogP contribution in [0.4, 0.5) is 0 Å². The second-order valence-electron chi connectivity index (χ2n) is 5.75. The Labute approximate surface area is 140 Å². The number of hydrogen-bond donors (Lipinski definition) is 2. The molecule has 0 saturated heterocycles. The van der Waals surface area contributed by atoms with E-state index in [0.717, 1.165) is 0 Å². The van der Waals surface area contributed by atoms with Gasteiger partial charge in [-0.05, 0) is 44.9 Å². The van der Waals surface area contributed by atoms with Crippen LogP contribution in [-0.4, -0.2) is 38.2 Å². The van der Waals surface area contributed by atoms with Crippen LogP contribution in [0.3, 0.4) is 0 Å². The normalized spacial score (nSPS) is 13.6. The smallest absolute Gasteiger partial charge is 0.274 e. The summed E-state index contributed by atoms with van der Waals surface area (Å²) < 4.78 is 0. The molecule has 0 saturated carbocycles. The highest BCUT2D eigenvalue weighted by Crippen LogP contribution is 2.17. The Hall–Kier alpha value is -1.92. The highest BCUT2D eigenvalue weighted by molar-refractivity contribution is 6.30. The largest absolute Gasteiger partial charge is 0.396 e. The third-order valence-electron chi connectivity index (χ3n) is 3.90. The number of amides is 1. The molecule has 0 fully saturated rings. The number of benzene rings is 1. The van der Waals surface area contributed by atoms with Crippen LogP contribution < -0.4 is 5.32 Å². The molecule has 1 aromatic heterocycles. The Morgan fingerprint density at radius 1 is 1.43 bits per heavy atom. The third-order valence-corrected chi connectivity index (χ3v) is 4.13. The van der Waals surface area contributed by atoms with Crippen molar-refractivity contribution in [1.82, 2.24) is 20.3 Å². The zero-order valence-electron chi connectivity index (χ0n) is 13.5. The topological polar surface area (TPSA) is 80.0 Å². The number of carbonyl (C=O) groups is 1. The summed E-state index contributed by atoms with van der Waals surface area (Å²) in [5.41, 5.74) is 1.01. The van der Waals surface area contributed by atoms with Gasteiger partial charge in [0.25, 0.3) is 5.91 Å². The van der Waals surface area contributed by atoms with Gasteiger partial charge in [0.2, 0.25) is 0 Å². The first kappa shape index (κ1) is 17.4. The molecule has 0 spiro atoms. The summed E-state index contributed by atoms with van der Waals surface area (Å²) in [7, 11) is 0. The van der Waals surface area contributed by atoms with Crippen LogP contribution in [0.1, 0.15) is 42.9 Å². The summed E-state index contributed by atoms with van der Waals surface area (Å²) in [6.45, 7) is 5.61. The van der Waals surface area contributed by atoms with E-state index in [1.807, 2.05) is 19.9 Å². The lowest BCUT2D eigenvalue weighted by molar-refractivity contribution is 0.0880. The molecule has 6 nitrogen and oxygen atoms in total. The number of aliphatic hydroxyl groups is 1. The first-order valence-corrected chi connectivity index (χ1v) is 7.89. The Balaban J connectivity index is 2.25. The van der Waals surface area contributed by atoms with Crippen LogP contribution >= 0.6 is 11.6 Å². The first-order valence-electron chi connectivity index (χ1n) is 7.52. The van der Waals surface area contributed by atoms with E-state index in [-0.39, 0.29) is 18.2 Å². The predicted molar refractivity (Wildman–Crippen MR) is 89.0 cm³/mol. The molecule has 1 unspecified atom stereocenters. The van der Waals surface area contributed by atoms with Gasteiger partial charge in [0.1, 0.15) is 0 Å². The summed E-state index contributed by atoms with van der Waals surface area (Å²) in [6.07, 6.45) is 1.19. The van der Waals surface area contributed by atoms with Crippen molar-refractivity contribution in [3.63, 3.8) is 0 Å². The molecule has 1 aromatic carbocycles. The van der Waals surface area contributed by atoms with Gasteiger partial charge in [-0.2, -0.15) is 9.90 Å². The molecule has 7 heteroatoms. The molecular formula is C16H21ClN4O2. The molecule has 0 aliphatic rings. The summed E-state index contributed by atoms with van der Waals surface area (Å²) in [5, 5.41) is 21.2. The van der Waals surface area contributed by atoms with E-state index in [4.69, 9.17) is 16.7 Å². The summed E-state index contributed by atoms with van der Waals surface area (Å²) in [5.74, 6) is -0.298. The van der Waals surface area contributed by atoms with Crippen molar-refractivity contribution in [3.05, 3.63) is 40.7 Å². The summed E-state index contributed by atoms with van der Waals surface area (Å²) in [4.78, 5) is 13.9. The van der Waals surface area contributed by atoms with Crippen LogP contribution in [0.25, 0.3) is 5.69 Å². The van der Waals surface area contributed by atoms with Gasteiger partial charge in [-0.3, -0.25) is 4.79 Å². The van der Waals surface area contributed by atoms with E-state index in [1.165, 1.54) is 4.80 Å². The fraction of sp³-hybridized carbons (Fsp3) is 0.438. The maximum absolute atomic E-state index is 12.5. The van der Waals surface area contributed by atoms with Gasteiger partial charge in [0.15, 0.2) is 5.69 Å². The zero-order valence-corrected chi connectivity index (χ0v) is 14.3. The summed E-state index contributed by atoms with van der Waals surface area (Å²) >= 11 is 5.97. The van der Waals surface area contributed by atoms with Crippen molar-refractivity contribution < 1.29 is 9.90 Å². The van der Waals surface area contributed by atoms with E-state index in [9.17, 15) is 4.79 Å². The zero-order chi connectivity index (χ0) is 17.0. The van der Waals surface area contributed by atoms with Gasteiger partial charge in [-0.15, -0.1) is 5.10 Å². The number of hydrogen-bond acceptors (Lipinski definition) is 4. The highest BCUT2D eigenvalue weighted by atomic mass is 35.5. The third kappa shape index (κ3) is 4.09. The second-order valence-corrected chi connectivity index (χ2v) is 6.18. The fourth-order valence-corrected chi connectivity index (χ4v) is 2.40. The van der Waals surface area contributed by atoms with Gasteiger partial charge in [0.05, 0.1) is 11.4 Å². The van der Waals surface area contributed by atoms with E-state index in [1.54, 1.807) is 25.1 Å². The number of aryl methyl sites for hydroxylation is 1. The average Bonchev–Trinajstić information content (AvgIpc) is 2.89. The maximum atomic E-state index is 12.5. The van der Waals surface area contributed by atoms with Crippen molar-refractivity contribution in [2.75, 3.05) is 6.61 Å². The van der Waals surface area contributed by atoms with Gasteiger partial charge in [-0.1, -0.05) is 24.6 Å². The summed E-state index contributed by atoms with van der Waals surface area (Å²) in [6, 6.07) is 7.10. The van der Waals surface area contributed by atoms with Crippen LogP contribution in [0.15, 0.2) is 24.3 Å². The van der Waals surface area contributed by atoms with Crippen molar-refractivity contribution in [3.8, 4) is 5.69 Å². The lowest BCUT2D eigenvalue weighted by atomic mass is 9.94. The molecule has 2 rings (SSSR count). The molecule has 124 valence electrons. The maximum Gasteiger partial charge on any atom is 0.274 e. The van der Waals surface area contributed by atoms with Crippen LogP contribution in [0.2, 0.25) is 5.02 Å². The minimum Gasteiger partial charge on any atom is -0.396 e. The number of aromatic nitrogens is 3. The van der Waals surface area contributed by atoms with Gasteiger partial charge in [0, 0.05) is 17.2 Å². The molecule has 0 bridgehead atoms. The molecule has 2 aromatic rings. The highest BCUT2D eigenvalue weighted by Gasteiger charge is 2.26. The molecule has 0 aliphatic heterocycles. The SMILES string of the molecule is CCC(C)(CCO)NC(=O)c1nn(-c2cccc(Cl)c2)nc1C. The van der Waals surface area contributed by atoms with Gasteiger partial charge < -0.3 is 10.4 Å². The van der Waals surface area contributed by atoms with Crippen LogP contribution in [0.5, 0.6) is 0 Å². The molecule has 1 atom stereocenters. The molecule has 0 radical (unpaired) electrons. The Morgan fingerprint density at radius 2 is 2.17 bits per heavy atom. The predicted octanol–water partition coefficient (Wildman–Crippen LogP) is 2.51. The van der Waals surface area contributed by atoms with Crippen molar-refractivity contribution in [2.45, 2.75) is 39.2 Å². The Morgan fingerprint density at radius 3 is 2.78 bits per heavy atom. The van der Waals surface area contributed by atoms with Crippen molar-refractivity contribution >= 4 is 17.5 Å². The molecule has 1 amide bonds. The Bertz CT molecular complexity index is 701. The molecule has 0 aliphatic carbocycles. The molecule has 23 heavy (non-hydrogen) atoms. The number of aliphatic hydroxyl groups excluding tert-OH is 1. The van der Waals surface area contributed by atoms with Gasteiger partial charge in [-0.25, -0.2) is 0 Å². The minimum atomic E-state index is -0.474. The average molecular weight is 337 g/mol. The number of rotatable bonds is 6.